The highest BCUT2D eigenvalue weighted by Gasteiger charge is 2.27. The Hall–Kier alpha value is -2.17. The second-order valence-corrected chi connectivity index (χ2v) is 8.19. The third-order valence-electron chi connectivity index (χ3n) is 5.68. The van der Waals surface area contributed by atoms with Crippen LogP contribution in [0.1, 0.15) is 67.4 Å². The van der Waals surface area contributed by atoms with Crippen molar-refractivity contribution in [2.75, 3.05) is 7.05 Å². The number of aryl methyl sites for hydroxylation is 2. The van der Waals surface area contributed by atoms with E-state index in [0.717, 1.165) is 43.6 Å². The van der Waals surface area contributed by atoms with Gasteiger partial charge in [0.15, 0.2) is 0 Å². The van der Waals surface area contributed by atoms with Gasteiger partial charge in [-0.05, 0) is 62.6 Å². The van der Waals surface area contributed by atoms with Gasteiger partial charge in [0.1, 0.15) is 0 Å². The minimum absolute atomic E-state index is 0.105. The van der Waals surface area contributed by atoms with Crippen LogP contribution in [0, 0.1) is 19.8 Å². The smallest absolute Gasteiger partial charge is 0.223 e. The normalized spacial score (nSPS) is 16.4. The van der Waals surface area contributed by atoms with Gasteiger partial charge in [-0.15, -0.1) is 0 Å². The molecule has 146 valence electrons. The summed E-state index contributed by atoms with van der Waals surface area (Å²) in [6.07, 6.45) is 6.28. The van der Waals surface area contributed by atoms with Gasteiger partial charge in [-0.2, -0.15) is 5.10 Å². The van der Waals surface area contributed by atoms with E-state index < -0.39 is 0 Å². The summed E-state index contributed by atoms with van der Waals surface area (Å²) in [6, 6.07) is 4.24. The standard InChI is InChI=1S/C22H32N4O/c1-15(2)14-26-17(4)19(16(3)24-26)11-12-21(27)25(5)20-10-6-8-18-9-7-13-23-22(18)20/h7,9,13,15,20H,6,8,10-12,14H2,1-5H3/t20-/m1/s1. The van der Waals surface area contributed by atoms with Gasteiger partial charge in [-0.25, -0.2) is 0 Å². The van der Waals surface area contributed by atoms with Gasteiger partial charge < -0.3 is 4.90 Å². The summed E-state index contributed by atoms with van der Waals surface area (Å²) in [7, 11) is 1.93. The number of hydrogen-bond acceptors (Lipinski definition) is 3. The van der Waals surface area contributed by atoms with Crippen LogP contribution in [0.15, 0.2) is 18.3 Å². The molecule has 0 aliphatic heterocycles. The molecule has 1 aliphatic carbocycles. The zero-order valence-corrected chi connectivity index (χ0v) is 17.3. The number of nitrogens with zero attached hydrogens (tertiary/aromatic N) is 4. The van der Waals surface area contributed by atoms with E-state index in [4.69, 9.17) is 0 Å². The van der Waals surface area contributed by atoms with Crippen molar-refractivity contribution >= 4 is 5.91 Å². The predicted molar refractivity (Wildman–Crippen MR) is 108 cm³/mol. The van der Waals surface area contributed by atoms with Gasteiger partial charge in [-0.1, -0.05) is 19.9 Å². The van der Waals surface area contributed by atoms with E-state index in [1.165, 1.54) is 16.8 Å². The molecule has 0 unspecified atom stereocenters. The van der Waals surface area contributed by atoms with E-state index >= 15 is 0 Å². The lowest BCUT2D eigenvalue weighted by molar-refractivity contribution is -0.132. The largest absolute Gasteiger partial charge is 0.337 e. The Morgan fingerprint density at radius 1 is 1.37 bits per heavy atom. The van der Waals surface area contributed by atoms with E-state index in [1.54, 1.807) is 0 Å². The van der Waals surface area contributed by atoms with Crippen LogP contribution in [0.25, 0.3) is 0 Å². The maximum atomic E-state index is 12.9. The molecule has 5 nitrogen and oxygen atoms in total. The number of fused-ring (bicyclic) bond motifs is 1. The van der Waals surface area contributed by atoms with Gasteiger partial charge in [0.05, 0.1) is 17.4 Å². The topological polar surface area (TPSA) is 51.0 Å². The summed E-state index contributed by atoms with van der Waals surface area (Å²) in [5, 5.41) is 4.67. The number of amides is 1. The molecule has 2 heterocycles. The second-order valence-electron chi connectivity index (χ2n) is 8.19. The average molecular weight is 369 g/mol. The third-order valence-corrected chi connectivity index (χ3v) is 5.68. The summed E-state index contributed by atoms with van der Waals surface area (Å²) in [5.74, 6) is 0.747. The number of pyridine rings is 1. The lowest BCUT2D eigenvalue weighted by Crippen LogP contribution is -2.34. The molecule has 27 heavy (non-hydrogen) atoms. The molecule has 5 heteroatoms. The first kappa shape index (κ1) is 19.6. The molecule has 2 aromatic rings. The highest BCUT2D eigenvalue weighted by Crippen LogP contribution is 2.32. The van der Waals surface area contributed by atoms with Gasteiger partial charge >= 0.3 is 0 Å². The van der Waals surface area contributed by atoms with Crippen molar-refractivity contribution in [3.63, 3.8) is 0 Å². The minimum atomic E-state index is 0.105. The van der Waals surface area contributed by atoms with E-state index in [2.05, 4.69) is 48.5 Å². The Bertz CT molecular complexity index is 809. The van der Waals surface area contributed by atoms with Gasteiger partial charge in [-0.3, -0.25) is 14.5 Å². The van der Waals surface area contributed by atoms with Crippen LogP contribution in [0.3, 0.4) is 0 Å². The van der Waals surface area contributed by atoms with Crippen LogP contribution >= 0.6 is 0 Å². The molecule has 0 saturated carbocycles. The number of carbonyl (C=O) groups excluding carboxylic acids is 1. The van der Waals surface area contributed by atoms with E-state index in [0.29, 0.717) is 12.3 Å². The Balaban J connectivity index is 1.67. The van der Waals surface area contributed by atoms with E-state index in [9.17, 15) is 4.79 Å². The maximum absolute atomic E-state index is 12.9. The number of aromatic nitrogens is 3. The van der Waals surface area contributed by atoms with Crippen molar-refractivity contribution < 1.29 is 4.79 Å². The molecule has 0 fully saturated rings. The maximum Gasteiger partial charge on any atom is 0.223 e. The molecule has 0 aromatic carbocycles. The van der Waals surface area contributed by atoms with Crippen LogP contribution in [-0.4, -0.2) is 32.6 Å². The summed E-state index contributed by atoms with van der Waals surface area (Å²) < 4.78 is 2.09. The monoisotopic (exact) mass is 368 g/mol. The Morgan fingerprint density at radius 3 is 2.89 bits per heavy atom. The fourth-order valence-corrected chi connectivity index (χ4v) is 4.16. The SMILES string of the molecule is Cc1nn(CC(C)C)c(C)c1CCC(=O)N(C)[C@@H]1CCCc2cccnc21. The van der Waals surface area contributed by atoms with Gasteiger partial charge in [0, 0.05) is 31.9 Å². The molecule has 1 amide bonds. The lowest BCUT2D eigenvalue weighted by atomic mass is 9.91. The van der Waals surface area contributed by atoms with Crippen LogP contribution in [0.4, 0.5) is 0 Å². The Kier molecular flexibility index (Phi) is 5.98. The van der Waals surface area contributed by atoms with E-state index in [1.807, 2.05) is 24.2 Å². The zero-order chi connectivity index (χ0) is 19.6. The summed E-state index contributed by atoms with van der Waals surface area (Å²) in [5.41, 5.74) is 5.83. The molecule has 0 saturated heterocycles. The summed E-state index contributed by atoms with van der Waals surface area (Å²) in [4.78, 5) is 19.4. The Morgan fingerprint density at radius 2 is 2.15 bits per heavy atom. The molecular formula is C22H32N4O. The van der Waals surface area contributed by atoms with Crippen molar-refractivity contribution in [3.8, 4) is 0 Å². The van der Waals surface area contributed by atoms with Crippen molar-refractivity contribution in [1.29, 1.82) is 0 Å². The average Bonchev–Trinajstić information content (AvgIpc) is 2.91. The molecule has 0 bridgehead atoms. The van der Waals surface area contributed by atoms with Crippen molar-refractivity contribution in [2.24, 2.45) is 5.92 Å². The first-order chi connectivity index (χ1) is 12.9. The van der Waals surface area contributed by atoms with Gasteiger partial charge in [0.25, 0.3) is 0 Å². The van der Waals surface area contributed by atoms with Crippen molar-refractivity contribution in [2.45, 2.75) is 72.4 Å². The van der Waals surface area contributed by atoms with Crippen LogP contribution in [0.5, 0.6) is 0 Å². The third kappa shape index (κ3) is 4.23. The fourth-order valence-electron chi connectivity index (χ4n) is 4.16. The number of rotatable bonds is 6. The van der Waals surface area contributed by atoms with Crippen LogP contribution in [-0.2, 0) is 24.2 Å². The van der Waals surface area contributed by atoms with Gasteiger partial charge in [0.2, 0.25) is 5.91 Å². The molecule has 1 atom stereocenters. The Labute approximate surface area is 162 Å². The predicted octanol–water partition coefficient (Wildman–Crippen LogP) is 4.02. The number of carbonyl (C=O) groups is 1. The number of hydrogen-bond donors (Lipinski definition) is 0. The molecule has 0 radical (unpaired) electrons. The van der Waals surface area contributed by atoms with Crippen LogP contribution in [0.2, 0.25) is 0 Å². The summed E-state index contributed by atoms with van der Waals surface area (Å²) >= 11 is 0. The quantitative estimate of drug-likeness (QED) is 0.774. The minimum Gasteiger partial charge on any atom is -0.337 e. The molecule has 0 spiro atoms. The second kappa shape index (κ2) is 8.24. The van der Waals surface area contributed by atoms with Crippen LogP contribution < -0.4 is 0 Å². The zero-order valence-electron chi connectivity index (χ0n) is 17.3. The first-order valence-electron chi connectivity index (χ1n) is 10.1. The molecule has 1 aliphatic rings. The highest BCUT2D eigenvalue weighted by molar-refractivity contribution is 5.76. The highest BCUT2D eigenvalue weighted by atomic mass is 16.2. The van der Waals surface area contributed by atoms with Crippen molar-refractivity contribution in [3.05, 3.63) is 46.5 Å². The first-order valence-corrected chi connectivity index (χ1v) is 10.1. The summed E-state index contributed by atoms with van der Waals surface area (Å²) in [6.45, 7) is 9.49. The molecular weight excluding hydrogens is 336 g/mol. The molecule has 2 aromatic heterocycles. The lowest BCUT2D eigenvalue weighted by Gasteiger charge is -2.32. The van der Waals surface area contributed by atoms with E-state index in [-0.39, 0.29) is 11.9 Å². The molecule has 3 rings (SSSR count). The fraction of sp³-hybridized carbons (Fsp3) is 0.591. The van der Waals surface area contributed by atoms with Crippen molar-refractivity contribution in [1.82, 2.24) is 19.7 Å². The molecule has 0 N–H and O–H groups in total.